The van der Waals surface area contributed by atoms with Gasteiger partial charge in [-0.2, -0.15) is 0 Å². The number of amides is 2. The molecule has 1 heterocycles. The zero-order valence-corrected chi connectivity index (χ0v) is 19.7. The fraction of sp³-hybridized carbons (Fsp3) is 0.200. The number of hydrogen-bond donors (Lipinski definition) is 2. The minimum atomic E-state index is -0.598. The van der Waals surface area contributed by atoms with Crippen LogP contribution in [0.2, 0.25) is 5.02 Å². The summed E-state index contributed by atoms with van der Waals surface area (Å²) in [6.07, 6.45) is 0. The summed E-state index contributed by atoms with van der Waals surface area (Å²) >= 11 is 10.5. The molecule has 0 aliphatic heterocycles. The smallest absolute Gasteiger partial charge is 0.254 e. The topological polar surface area (TPSA) is 88.9 Å². The molecular formula is C20H18BrClFN5O2S. The molecule has 0 aliphatic rings. The zero-order chi connectivity index (χ0) is 22.5. The van der Waals surface area contributed by atoms with Gasteiger partial charge >= 0.3 is 0 Å². The Morgan fingerprint density at radius 3 is 2.71 bits per heavy atom. The molecule has 0 fully saturated rings. The third-order valence-corrected chi connectivity index (χ3v) is 6.51. The normalized spacial score (nSPS) is 11.8. The molecule has 0 saturated heterocycles. The summed E-state index contributed by atoms with van der Waals surface area (Å²) in [5.41, 5.74) is 0.540. The van der Waals surface area contributed by atoms with E-state index in [0.29, 0.717) is 21.7 Å². The Bertz CT molecular complexity index is 1130. The highest BCUT2D eigenvalue weighted by atomic mass is 79.9. The number of nitrogens with one attached hydrogen (secondary N) is 2. The van der Waals surface area contributed by atoms with Crippen molar-refractivity contribution in [3.8, 4) is 0 Å². The van der Waals surface area contributed by atoms with E-state index in [1.165, 1.54) is 30.0 Å². The van der Waals surface area contributed by atoms with Crippen LogP contribution in [-0.2, 0) is 11.8 Å². The lowest BCUT2D eigenvalue weighted by atomic mass is 10.2. The first-order valence-corrected chi connectivity index (χ1v) is 11.2. The number of nitrogens with zero attached hydrogens (tertiary/aromatic N) is 3. The second-order valence-corrected chi connectivity index (χ2v) is 8.74. The highest BCUT2D eigenvalue weighted by Crippen LogP contribution is 2.26. The van der Waals surface area contributed by atoms with Crippen molar-refractivity contribution >= 4 is 56.8 Å². The molecule has 31 heavy (non-hydrogen) atoms. The Morgan fingerprint density at radius 2 is 2.00 bits per heavy atom. The van der Waals surface area contributed by atoms with Gasteiger partial charge in [-0.15, -0.1) is 10.2 Å². The maximum atomic E-state index is 13.8. The van der Waals surface area contributed by atoms with Crippen molar-refractivity contribution in [3.63, 3.8) is 0 Å². The van der Waals surface area contributed by atoms with E-state index in [4.69, 9.17) is 11.6 Å². The van der Waals surface area contributed by atoms with E-state index >= 15 is 0 Å². The molecule has 0 bridgehead atoms. The number of anilines is 1. The summed E-state index contributed by atoms with van der Waals surface area (Å²) in [4.78, 5) is 24.6. The molecule has 1 unspecified atom stereocenters. The molecule has 1 atom stereocenters. The van der Waals surface area contributed by atoms with Gasteiger partial charge in [0, 0.05) is 17.2 Å². The Balaban J connectivity index is 1.59. The van der Waals surface area contributed by atoms with Gasteiger partial charge < -0.3 is 15.2 Å². The quantitative estimate of drug-likeness (QED) is 0.440. The fourth-order valence-electron chi connectivity index (χ4n) is 2.71. The molecule has 2 amide bonds. The largest absolute Gasteiger partial charge is 0.342 e. The number of aromatic nitrogens is 3. The first-order chi connectivity index (χ1) is 14.8. The van der Waals surface area contributed by atoms with Crippen LogP contribution in [0.4, 0.5) is 10.1 Å². The van der Waals surface area contributed by atoms with Gasteiger partial charge in [0.15, 0.2) is 11.0 Å². The van der Waals surface area contributed by atoms with Gasteiger partial charge in [-0.1, -0.05) is 35.5 Å². The van der Waals surface area contributed by atoms with E-state index in [9.17, 15) is 14.0 Å². The predicted octanol–water partition coefficient (Wildman–Crippen LogP) is 4.59. The van der Waals surface area contributed by atoms with Gasteiger partial charge in [-0.3, -0.25) is 9.59 Å². The monoisotopic (exact) mass is 525 g/mol. The van der Waals surface area contributed by atoms with Gasteiger partial charge in [0.1, 0.15) is 5.82 Å². The summed E-state index contributed by atoms with van der Waals surface area (Å²) in [7, 11) is 1.73. The number of benzene rings is 2. The number of thioether (sulfide) groups is 1. The highest BCUT2D eigenvalue weighted by Gasteiger charge is 2.20. The van der Waals surface area contributed by atoms with Crippen molar-refractivity contribution in [3.05, 3.63) is 69.2 Å². The Kier molecular flexibility index (Phi) is 7.69. The van der Waals surface area contributed by atoms with Gasteiger partial charge in [-0.05, 0) is 53.2 Å². The lowest BCUT2D eigenvalue weighted by Gasteiger charge is -2.14. The predicted molar refractivity (Wildman–Crippen MR) is 122 cm³/mol. The number of halogens is 3. The second kappa shape index (κ2) is 10.3. The Hall–Kier alpha value is -2.43. The highest BCUT2D eigenvalue weighted by molar-refractivity contribution is 9.10. The number of carbonyl (C=O) groups is 2. The molecule has 1 aromatic heterocycles. The summed E-state index contributed by atoms with van der Waals surface area (Å²) in [6, 6.07) is 10.4. The second-order valence-electron chi connectivity index (χ2n) is 6.54. The average Bonchev–Trinajstić information content (AvgIpc) is 3.10. The molecule has 162 valence electrons. The number of hydrogen-bond acceptors (Lipinski definition) is 5. The van der Waals surface area contributed by atoms with Gasteiger partial charge in [0.2, 0.25) is 5.91 Å². The van der Waals surface area contributed by atoms with Crippen LogP contribution in [0, 0.1) is 5.82 Å². The van der Waals surface area contributed by atoms with Crippen LogP contribution in [0.1, 0.15) is 29.1 Å². The number of carbonyl (C=O) groups excluding carboxylic acids is 2. The van der Waals surface area contributed by atoms with Crippen LogP contribution in [-0.4, -0.2) is 32.3 Å². The van der Waals surface area contributed by atoms with E-state index in [0.717, 1.165) is 4.47 Å². The van der Waals surface area contributed by atoms with Crippen molar-refractivity contribution in [2.75, 3.05) is 11.1 Å². The summed E-state index contributed by atoms with van der Waals surface area (Å²) in [6.45, 7) is 1.72. The van der Waals surface area contributed by atoms with E-state index in [2.05, 4.69) is 36.8 Å². The van der Waals surface area contributed by atoms with E-state index in [1.54, 1.807) is 42.8 Å². The zero-order valence-electron chi connectivity index (χ0n) is 16.5. The van der Waals surface area contributed by atoms with Crippen LogP contribution >= 0.6 is 39.3 Å². The van der Waals surface area contributed by atoms with Gasteiger partial charge in [0.05, 0.1) is 22.4 Å². The van der Waals surface area contributed by atoms with Crippen LogP contribution in [0.25, 0.3) is 0 Å². The molecule has 3 rings (SSSR count). The van der Waals surface area contributed by atoms with E-state index < -0.39 is 17.8 Å². The minimum Gasteiger partial charge on any atom is -0.342 e. The molecule has 0 spiro atoms. The van der Waals surface area contributed by atoms with Crippen LogP contribution in [0.3, 0.4) is 0 Å². The van der Waals surface area contributed by atoms with Gasteiger partial charge in [0.25, 0.3) is 5.91 Å². The van der Waals surface area contributed by atoms with Crippen LogP contribution < -0.4 is 10.6 Å². The summed E-state index contributed by atoms with van der Waals surface area (Å²) in [5, 5.41) is 14.7. The lowest BCUT2D eigenvalue weighted by molar-refractivity contribution is -0.113. The summed E-state index contributed by atoms with van der Waals surface area (Å²) < 4.78 is 16.2. The van der Waals surface area contributed by atoms with Crippen molar-refractivity contribution in [2.24, 2.45) is 7.05 Å². The molecule has 2 N–H and O–H groups in total. The standard InChI is InChI=1S/C20H18BrClFN5O2S/c1-11(24-19(30)13-5-3-4-6-16(13)23)18-26-27-20(28(18)2)31-10-17(29)25-12-7-8-14(21)15(22)9-12/h3-9,11H,10H2,1-2H3,(H,24,30)(H,25,29). The fourth-order valence-corrected chi connectivity index (χ4v) is 3.86. The first-order valence-electron chi connectivity index (χ1n) is 9.08. The van der Waals surface area contributed by atoms with Crippen LogP contribution in [0.15, 0.2) is 52.1 Å². The Labute approximate surface area is 195 Å². The first kappa shape index (κ1) is 23.2. The molecule has 2 aromatic carbocycles. The minimum absolute atomic E-state index is 0.0455. The molecule has 0 saturated carbocycles. The Morgan fingerprint density at radius 1 is 1.26 bits per heavy atom. The summed E-state index contributed by atoms with van der Waals surface area (Å²) in [5.74, 6) is -0.786. The van der Waals surface area contributed by atoms with Crippen molar-refractivity contribution in [2.45, 2.75) is 18.1 Å². The van der Waals surface area contributed by atoms with E-state index in [1.807, 2.05) is 0 Å². The van der Waals surface area contributed by atoms with E-state index in [-0.39, 0.29) is 17.2 Å². The van der Waals surface area contributed by atoms with Crippen molar-refractivity contribution in [1.29, 1.82) is 0 Å². The van der Waals surface area contributed by atoms with Gasteiger partial charge in [-0.25, -0.2) is 4.39 Å². The maximum Gasteiger partial charge on any atom is 0.254 e. The molecule has 7 nitrogen and oxygen atoms in total. The van der Waals surface area contributed by atoms with Crippen molar-refractivity contribution < 1.29 is 14.0 Å². The molecule has 0 aliphatic carbocycles. The molecule has 0 radical (unpaired) electrons. The average molecular weight is 527 g/mol. The molecule has 11 heteroatoms. The number of rotatable bonds is 7. The maximum absolute atomic E-state index is 13.8. The third-order valence-electron chi connectivity index (χ3n) is 4.26. The third kappa shape index (κ3) is 5.84. The van der Waals surface area contributed by atoms with Crippen LogP contribution in [0.5, 0.6) is 0 Å². The molecule has 3 aromatic rings. The SMILES string of the molecule is CC(NC(=O)c1ccccc1F)c1nnc(SCC(=O)Nc2ccc(Br)c(Cl)c2)n1C. The molecular weight excluding hydrogens is 509 g/mol. The van der Waals surface area contributed by atoms with Crippen molar-refractivity contribution in [1.82, 2.24) is 20.1 Å². The lowest BCUT2D eigenvalue weighted by Crippen LogP contribution is -2.29.